The largest absolute Gasteiger partial charge is 0.381 e. The fourth-order valence-corrected chi connectivity index (χ4v) is 2.98. The third kappa shape index (κ3) is 3.23. The van der Waals surface area contributed by atoms with Crippen LogP contribution < -0.4 is 11.1 Å². The minimum Gasteiger partial charge on any atom is -0.381 e. The summed E-state index contributed by atoms with van der Waals surface area (Å²) in [6.45, 7) is 3.44. The average Bonchev–Trinajstić information content (AvgIpc) is 2.56. The fourth-order valence-electron chi connectivity index (χ4n) is 2.98. The molecule has 1 aliphatic carbocycles. The van der Waals surface area contributed by atoms with Gasteiger partial charge < -0.3 is 15.8 Å². The number of carbonyl (C=O) groups excluding carboxylic acids is 1. The molecule has 104 valence electrons. The SMILES string of the molecule is CC1CCCCCC1NC(=O)C1(N)CCOCC1. The summed E-state index contributed by atoms with van der Waals surface area (Å²) in [7, 11) is 0. The summed E-state index contributed by atoms with van der Waals surface area (Å²) in [5, 5.41) is 3.20. The molecule has 1 saturated heterocycles. The van der Waals surface area contributed by atoms with E-state index < -0.39 is 5.54 Å². The van der Waals surface area contributed by atoms with Crippen LogP contribution in [0, 0.1) is 5.92 Å². The standard InChI is InChI=1S/C14H26N2O2/c1-11-5-3-2-4-6-12(11)16-13(17)14(15)7-9-18-10-8-14/h11-12H,2-10,15H2,1H3,(H,16,17). The zero-order chi connectivity index (χ0) is 13.0. The normalized spacial score (nSPS) is 32.6. The highest BCUT2D eigenvalue weighted by Crippen LogP contribution is 2.24. The summed E-state index contributed by atoms with van der Waals surface area (Å²) < 4.78 is 5.29. The highest BCUT2D eigenvalue weighted by Gasteiger charge is 2.37. The Morgan fingerprint density at radius 1 is 1.22 bits per heavy atom. The molecular weight excluding hydrogens is 228 g/mol. The Kier molecular flexibility index (Phi) is 4.62. The molecule has 2 unspecified atom stereocenters. The summed E-state index contributed by atoms with van der Waals surface area (Å²) in [4.78, 5) is 12.4. The molecule has 4 nitrogen and oxygen atoms in total. The van der Waals surface area contributed by atoms with Crippen molar-refractivity contribution in [2.45, 2.75) is 63.5 Å². The van der Waals surface area contributed by atoms with Gasteiger partial charge in [0.2, 0.25) is 5.91 Å². The highest BCUT2D eigenvalue weighted by atomic mass is 16.5. The molecule has 3 N–H and O–H groups in total. The number of ether oxygens (including phenoxy) is 1. The number of nitrogens with one attached hydrogen (secondary N) is 1. The number of hydrogen-bond donors (Lipinski definition) is 2. The number of nitrogens with two attached hydrogens (primary N) is 1. The molecule has 0 bridgehead atoms. The monoisotopic (exact) mass is 254 g/mol. The van der Waals surface area contributed by atoms with E-state index in [1.54, 1.807) is 0 Å². The van der Waals surface area contributed by atoms with Gasteiger partial charge in [-0.2, -0.15) is 0 Å². The molecule has 2 fully saturated rings. The topological polar surface area (TPSA) is 64.4 Å². The average molecular weight is 254 g/mol. The van der Waals surface area contributed by atoms with E-state index in [1.165, 1.54) is 25.7 Å². The van der Waals surface area contributed by atoms with Crippen molar-refractivity contribution in [3.05, 3.63) is 0 Å². The maximum Gasteiger partial charge on any atom is 0.240 e. The molecular formula is C14H26N2O2. The molecule has 0 aromatic heterocycles. The Morgan fingerprint density at radius 2 is 1.89 bits per heavy atom. The molecule has 2 atom stereocenters. The Balaban J connectivity index is 1.92. The first kappa shape index (κ1) is 13.8. The van der Waals surface area contributed by atoms with Gasteiger partial charge in [0.05, 0.1) is 5.54 Å². The lowest BCUT2D eigenvalue weighted by Crippen LogP contribution is -2.59. The van der Waals surface area contributed by atoms with E-state index in [1.807, 2.05) is 0 Å². The second-order valence-electron chi connectivity index (χ2n) is 5.96. The van der Waals surface area contributed by atoms with Crippen LogP contribution >= 0.6 is 0 Å². The van der Waals surface area contributed by atoms with Crippen molar-refractivity contribution >= 4 is 5.91 Å². The molecule has 0 spiro atoms. The van der Waals surface area contributed by atoms with Crippen LogP contribution in [0.2, 0.25) is 0 Å². The van der Waals surface area contributed by atoms with Crippen LogP contribution in [0.5, 0.6) is 0 Å². The smallest absolute Gasteiger partial charge is 0.240 e. The van der Waals surface area contributed by atoms with Crippen molar-refractivity contribution in [3.63, 3.8) is 0 Å². The molecule has 1 aliphatic heterocycles. The fraction of sp³-hybridized carbons (Fsp3) is 0.929. The summed E-state index contributed by atoms with van der Waals surface area (Å²) >= 11 is 0. The first-order chi connectivity index (χ1) is 8.62. The van der Waals surface area contributed by atoms with E-state index in [0.29, 0.717) is 38.0 Å². The van der Waals surface area contributed by atoms with Crippen LogP contribution in [0.4, 0.5) is 0 Å². The van der Waals surface area contributed by atoms with Crippen LogP contribution in [0.1, 0.15) is 51.9 Å². The van der Waals surface area contributed by atoms with Gasteiger partial charge in [0.1, 0.15) is 0 Å². The van der Waals surface area contributed by atoms with Crippen molar-refractivity contribution in [3.8, 4) is 0 Å². The van der Waals surface area contributed by atoms with Crippen LogP contribution in [0.25, 0.3) is 0 Å². The van der Waals surface area contributed by atoms with Crippen molar-refractivity contribution in [2.75, 3.05) is 13.2 Å². The van der Waals surface area contributed by atoms with Gasteiger partial charge in [0.25, 0.3) is 0 Å². The van der Waals surface area contributed by atoms with Gasteiger partial charge in [-0.3, -0.25) is 4.79 Å². The summed E-state index contributed by atoms with van der Waals surface area (Å²) in [6, 6.07) is 0.309. The first-order valence-corrected chi connectivity index (χ1v) is 7.29. The predicted octanol–water partition coefficient (Wildman–Crippen LogP) is 1.58. The molecule has 18 heavy (non-hydrogen) atoms. The zero-order valence-electron chi connectivity index (χ0n) is 11.4. The summed E-state index contributed by atoms with van der Waals surface area (Å²) in [5.74, 6) is 0.601. The van der Waals surface area contributed by atoms with Gasteiger partial charge in [0, 0.05) is 19.3 Å². The molecule has 0 radical (unpaired) electrons. The summed E-state index contributed by atoms with van der Waals surface area (Å²) in [6.07, 6.45) is 7.38. The second kappa shape index (κ2) is 6.02. The van der Waals surface area contributed by atoms with E-state index in [-0.39, 0.29) is 5.91 Å². The molecule has 4 heteroatoms. The molecule has 2 rings (SSSR count). The molecule has 0 aromatic rings. The lowest BCUT2D eigenvalue weighted by molar-refractivity contribution is -0.130. The minimum atomic E-state index is -0.704. The summed E-state index contributed by atoms with van der Waals surface area (Å²) in [5.41, 5.74) is 5.51. The van der Waals surface area contributed by atoms with E-state index in [4.69, 9.17) is 10.5 Å². The lowest BCUT2D eigenvalue weighted by atomic mass is 9.88. The third-order valence-corrected chi connectivity index (χ3v) is 4.52. The maximum absolute atomic E-state index is 12.4. The van der Waals surface area contributed by atoms with Crippen molar-refractivity contribution in [1.82, 2.24) is 5.32 Å². The second-order valence-corrected chi connectivity index (χ2v) is 5.96. The quantitative estimate of drug-likeness (QED) is 0.735. The molecule has 2 aliphatic rings. The number of rotatable bonds is 2. The Hall–Kier alpha value is -0.610. The van der Waals surface area contributed by atoms with Gasteiger partial charge >= 0.3 is 0 Å². The number of amides is 1. The molecule has 0 aromatic carbocycles. The van der Waals surface area contributed by atoms with Crippen molar-refractivity contribution in [2.24, 2.45) is 11.7 Å². The van der Waals surface area contributed by atoms with Crippen LogP contribution in [-0.4, -0.2) is 30.7 Å². The van der Waals surface area contributed by atoms with Crippen LogP contribution in [0.15, 0.2) is 0 Å². The van der Waals surface area contributed by atoms with E-state index >= 15 is 0 Å². The van der Waals surface area contributed by atoms with Crippen molar-refractivity contribution in [1.29, 1.82) is 0 Å². The van der Waals surface area contributed by atoms with E-state index in [2.05, 4.69) is 12.2 Å². The van der Waals surface area contributed by atoms with Gasteiger partial charge in [-0.15, -0.1) is 0 Å². The van der Waals surface area contributed by atoms with Gasteiger partial charge in [-0.1, -0.05) is 26.2 Å². The minimum absolute atomic E-state index is 0.0320. The highest BCUT2D eigenvalue weighted by molar-refractivity contribution is 5.86. The number of hydrogen-bond acceptors (Lipinski definition) is 3. The van der Waals surface area contributed by atoms with Gasteiger partial charge in [0.15, 0.2) is 0 Å². The van der Waals surface area contributed by atoms with Crippen LogP contribution in [-0.2, 0) is 9.53 Å². The number of carbonyl (C=O) groups is 1. The van der Waals surface area contributed by atoms with Gasteiger partial charge in [-0.25, -0.2) is 0 Å². The van der Waals surface area contributed by atoms with Gasteiger partial charge in [-0.05, 0) is 31.6 Å². The van der Waals surface area contributed by atoms with Crippen LogP contribution in [0.3, 0.4) is 0 Å². The van der Waals surface area contributed by atoms with Crippen molar-refractivity contribution < 1.29 is 9.53 Å². The maximum atomic E-state index is 12.4. The Bertz CT molecular complexity index is 288. The zero-order valence-corrected chi connectivity index (χ0v) is 11.4. The molecule has 1 amide bonds. The first-order valence-electron chi connectivity index (χ1n) is 7.29. The Morgan fingerprint density at radius 3 is 2.61 bits per heavy atom. The Labute approximate surface area is 110 Å². The molecule has 1 heterocycles. The molecule has 1 saturated carbocycles. The third-order valence-electron chi connectivity index (χ3n) is 4.52. The van der Waals surface area contributed by atoms with E-state index in [9.17, 15) is 4.79 Å². The van der Waals surface area contributed by atoms with E-state index in [0.717, 1.165) is 6.42 Å². The lowest BCUT2D eigenvalue weighted by Gasteiger charge is -2.34. The predicted molar refractivity (Wildman–Crippen MR) is 71.2 cm³/mol.